The first-order valence-electron chi connectivity index (χ1n) is 4.33. The number of carbonyl (C=O) groups is 2. The molecule has 0 aliphatic carbocycles. The molecule has 0 aliphatic rings. The van der Waals surface area contributed by atoms with Crippen LogP contribution in [0.2, 0.25) is 0 Å². The molecule has 0 heterocycles. The lowest BCUT2D eigenvalue weighted by Gasteiger charge is -2.05. The molecule has 0 saturated carbocycles. The summed E-state index contributed by atoms with van der Waals surface area (Å²) in [7, 11) is 1.14. The van der Waals surface area contributed by atoms with Crippen LogP contribution in [0.15, 0.2) is 12.1 Å². The highest BCUT2D eigenvalue weighted by atomic mass is 16.6. The topological polar surface area (TPSA) is 86.5 Å². The average Bonchev–Trinajstić information content (AvgIpc) is 2.26. The first-order valence-corrected chi connectivity index (χ1v) is 4.33. The Morgan fingerprint density at radius 3 is 2.56 bits per heavy atom. The Kier molecular flexibility index (Phi) is 3.34. The maximum absolute atomic E-state index is 11.3. The van der Waals surface area contributed by atoms with Gasteiger partial charge in [0.15, 0.2) is 0 Å². The zero-order chi connectivity index (χ0) is 12.3. The molecule has 1 aromatic carbocycles. The van der Waals surface area contributed by atoms with Crippen LogP contribution in [-0.2, 0) is 4.74 Å². The Bertz CT molecular complexity index is 467. The predicted molar refractivity (Wildman–Crippen MR) is 54.6 cm³/mol. The Labute approximate surface area is 91.0 Å². The van der Waals surface area contributed by atoms with Gasteiger partial charge in [-0.3, -0.25) is 14.9 Å². The third-order valence-corrected chi connectivity index (χ3v) is 2.06. The van der Waals surface area contributed by atoms with Crippen molar-refractivity contribution in [2.24, 2.45) is 0 Å². The molecule has 0 aromatic heterocycles. The molecule has 1 aromatic rings. The van der Waals surface area contributed by atoms with Gasteiger partial charge in [-0.15, -0.1) is 0 Å². The molecule has 0 unspecified atom stereocenters. The van der Waals surface area contributed by atoms with E-state index in [9.17, 15) is 19.7 Å². The molecule has 0 spiro atoms. The van der Waals surface area contributed by atoms with Crippen molar-refractivity contribution >= 4 is 17.9 Å². The lowest BCUT2D eigenvalue weighted by molar-refractivity contribution is -0.385. The van der Waals surface area contributed by atoms with Crippen molar-refractivity contribution in [1.29, 1.82) is 0 Å². The Morgan fingerprint density at radius 2 is 2.12 bits per heavy atom. The second kappa shape index (κ2) is 4.52. The average molecular weight is 223 g/mol. The molecule has 0 aliphatic heterocycles. The third-order valence-electron chi connectivity index (χ3n) is 2.06. The molecule has 6 nitrogen and oxygen atoms in total. The largest absolute Gasteiger partial charge is 0.465 e. The highest BCUT2D eigenvalue weighted by Gasteiger charge is 2.24. The molecule has 0 N–H and O–H groups in total. The van der Waals surface area contributed by atoms with E-state index in [0.29, 0.717) is 11.8 Å². The second-order valence-electron chi connectivity index (χ2n) is 3.10. The molecule has 0 fully saturated rings. The maximum Gasteiger partial charge on any atom is 0.345 e. The lowest BCUT2D eigenvalue weighted by Crippen LogP contribution is -2.08. The van der Waals surface area contributed by atoms with Crippen LogP contribution in [-0.4, -0.2) is 24.3 Å². The van der Waals surface area contributed by atoms with E-state index in [1.807, 2.05) is 0 Å². The van der Waals surface area contributed by atoms with Gasteiger partial charge in [0.2, 0.25) is 0 Å². The van der Waals surface area contributed by atoms with Gasteiger partial charge in [0.05, 0.1) is 12.0 Å². The van der Waals surface area contributed by atoms with Crippen LogP contribution in [0.3, 0.4) is 0 Å². The molecule has 1 rings (SSSR count). The molecule has 0 saturated heterocycles. The highest BCUT2D eigenvalue weighted by Crippen LogP contribution is 2.24. The van der Waals surface area contributed by atoms with E-state index in [1.165, 1.54) is 13.0 Å². The van der Waals surface area contributed by atoms with Crippen molar-refractivity contribution in [3.8, 4) is 0 Å². The fourth-order valence-electron chi connectivity index (χ4n) is 1.38. The van der Waals surface area contributed by atoms with Gasteiger partial charge in [0.25, 0.3) is 5.69 Å². The Morgan fingerprint density at radius 1 is 1.50 bits per heavy atom. The molecule has 0 amide bonds. The van der Waals surface area contributed by atoms with Crippen molar-refractivity contribution in [1.82, 2.24) is 0 Å². The molecule has 84 valence electrons. The van der Waals surface area contributed by atoms with Gasteiger partial charge < -0.3 is 4.74 Å². The van der Waals surface area contributed by atoms with E-state index < -0.39 is 16.6 Å². The molecular weight excluding hydrogens is 214 g/mol. The minimum absolute atomic E-state index is 0.127. The van der Waals surface area contributed by atoms with E-state index in [4.69, 9.17) is 0 Å². The van der Waals surface area contributed by atoms with Gasteiger partial charge in [-0.25, -0.2) is 4.79 Å². The van der Waals surface area contributed by atoms with Gasteiger partial charge in [-0.2, -0.15) is 0 Å². The molecule has 0 bridgehead atoms. The van der Waals surface area contributed by atoms with Crippen LogP contribution < -0.4 is 0 Å². The molecule has 6 heteroatoms. The van der Waals surface area contributed by atoms with Crippen LogP contribution >= 0.6 is 0 Å². The number of aryl methyl sites for hydroxylation is 1. The van der Waals surface area contributed by atoms with Crippen molar-refractivity contribution in [3.63, 3.8) is 0 Å². The third kappa shape index (κ3) is 2.05. The van der Waals surface area contributed by atoms with E-state index in [0.717, 1.165) is 13.2 Å². The summed E-state index contributed by atoms with van der Waals surface area (Å²) in [6.07, 6.45) is 0.487. The number of aldehydes is 1. The summed E-state index contributed by atoms with van der Waals surface area (Å²) in [5, 5.41) is 10.7. The minimum Gasteiger partial charge on any atom is -0.465 e. The number of carbonyl (C=O) groups excluding carboxylic acids is 2. The number of hydrogen-bond acceptors (Lipinski definition) is 5. The smallest absolute Gasteiger partial charge is 0.345 e. The van der Waals surface area contributed by atoms with E-state index in [1.54, 1.807) is 0 Å². The number of hydrogen-bond donors (Lipinski definition) is 0. The summed E-state index contributed by atoms with van der Waals surface area (Å²) < 4.78 is 4.45. The first kappa shape index (κ1) is 11.8. The lowest BCUT2D eigenvalue weighted by atomic mass is 10.0. The molecule has 0 radical (unpaired) electrons. The van der Waals surface area contributed by atoms with Crippen LogP contribution in [0, 0.1) is 17.0 Å². The van der Waals surface area contributed by atoms with Crippen LogP contribution in [0.4, 0.5) is 5.69 Å². The number of esters is 1. The highest BCUT2D eigenvalue weighted by molar-refractivity contribution is 5.96. The fourth-order valence-corrected chi connectivity index (χ4v) is 1.38. The summed E-state index contributed by atoms with van der Waals surface area (Å²) in [6.45, 7) is 1.51. The molecule has 0 atom stereocenters. The molecular formula is C10H9NO5. The predicted octanol–water partition coefficient (Wildman–Crippen LogP) is 1.50. The fraction of sp³-hybridized carbons (Fsp3) is 0.200. The number of rotatable bonds is 3. The van der Waals surface area contributed by atoms with Crippen LogP contribution in [0.1, 0.15) is 26.3 Å². The monoisotopic (exact) mass is 223 g/mol. The SMILES string of the molecule is COC(=O)c1c(C)cc(C=O)cc1[N+](=O)[O-]. The van der Waals surface area contributed by atoms with Crippen molar-refractivity contribution in [2.75, 3.05) is 7.11 Å². The molecule has 16 heavy (non-hydrogen) atoms. The van der Waals surface area contributed by atoms with E-state index in [2.05, 4.69) is 4.74 Å². The van der Waals surface area contributed by atoms with Crippen LogP contribution in [0.25, 0.3) is 0 Å². The summed E-state index contributed by atoms with van der Waals surface area (Å²) in [6, 6.07) is 2.44. The Hall–Kier alpha value is -2.24. The normalized spacial score (nSPS) is 9.62. The number of ether oxygens (including phenoxy) is 1. The second-order valence-corrected chi connectivity index (χ2v) is 3.10. The van der Waals surface area contributed by atoms with Crippen LogP contribution in [0.5, 0.6) is 0 Å². The van der Waals surface area contributed by atoms with Gasteiger partial charge >= 0.3 is 5.97 Å². The number of methoxy groups -OCH3 is 1. The van der Waals surface area contributed by atoms with E-state index >= 15 is 0 Å². The zero-order valence-electron chi connectivity index (χ0n) is 8.72. The van der Waals surface area contributed by atoms with Gasteiger partial charge in [-0.05, 0) is 18.6 Å². The van der Waals surface area contributed by atoms with Gasteiger partial charge in [0, 0.05) is 11.6 Å². The quantitative estimate of drug-likeness (QED) is 0.335. The van der Waals surface area contributed by atoms with Gasteiger partial charge in [0.1, 0.15) is 11.8 Å². The number of nitro groups is 1. The van der Waals surface area contributed by atoms with Crippen molar-refractivity contribution in [2.45, 2.75) is 6.92 Å². The first-order chi connectivity index (χ1) is 7.51. The summed E-state index contributed by atoms with van der Waals surface area (Å²) in [5.41, 5.74) is -0.0629. The maximum atomic E-state index is 11.3. The summed E-state index contributed by atoms with van der Waals surface area (Å²) in [4.78, 5) is 31.9. The Balaban J connectivity index is 3.51. The van der Waals surface area contributed by atoms with E-state index in [-0.39, 0.29) is 11.1 Å². The van der Waals surface area contributed by atoms with Crippen molar-refractivity contribution in [3.05, 3.63) is 38.9 Å². The number of nitro benzene ring substituents is 1. The summed E-state index contributed by atoms with van der Waals surface area (Å²) in [5.74, 6) is -0.790. The number of benzene rings is 1. The minimum atomic E-state index is -0.790. The van der Waals surface area contributed by atoms with Crippen molar-refractivity contribution < 1.29 is 19.2 Å². The number of nitrogens with zero attached hydrogens (tertiary/aromatic N) is 1. The standard InChI is InChI=1S/C10H9NO5/c1-6-3-7(5-12)4-8(11(14)15)9(6)10(13)16-2/h3-5H,1-2H3. The summed E-state index contributed by atoms with van der Waals surface area (Å²) >= 11 is 0. The zero-order valence-corrected chi connectivity index (χ0v) is 8.72. The van der Waals surface area contributed by atoms with Gasteiger partial charge in [-0.1, -0.05) is 0 Å².